The molecule has 9 rings (SSSR count). The Morgan fingerprint density at radius 3 is 2.22 bits per heavy atom. The minimum atomic E-state index is -3.08. The van der Waals surface area contributed by atoms with E-state index in [1.54, 1.807) is 0 Å². The van der Waals surface area contributed by atoms with Gasteiger partial charge in [0.05, 0.1) is 27.8 Å². The first-order valence-electron chi connectivity index (χ1n) is 13.7. The lowest BCUT2D eigenvalue weighted by Crippen LogP contribution is -2.20. The molecule has 0 radical (unpaired) electrons. The average Bonchev–Trinajstić information content (AvgIpc) is 3.51. The van der Waals surface area contributed by atoms with Crippen molar-refractivity contribution in [3.8, 4) is 16.8 Å². The molecule has 0 saturated heterocycles. The summed E-state index contributed by atoms with van der Waals surface area (Å²) in [6.07, 6.45) is 3.65. The van der Waals surface area contributed by atoms with Crippen molar-refractivity contribution in [3.05, 3.63) is 134 Å². The molecule has 5 aromatic carbocycles. The summed E-state index contributed by atoms with van der Waals surface area (Å²) in [6.45, 7) is 0. The van der Waals surface area contributed by atoms with Gasteiger partial charge in [-0.3, -0.25) is 9.97 Å². The van der Waals surface area contributed by atoms with Crippen LogP contribution in [0.3, 0.4) is 0 Å². The first kappa shape index (κ1) is 22.7. The van der Waals surface area contributed by atoms with E-state index in [-0.39, 0.29) is 0 Å². The zero-order valence-electron chi connectivity index (χ0n) is 21.9. The fraction of sp³-hybridized carbons (Fsp3) is 0. The molecule has 4 nitrogen and oxygen atoms in total. The summed E-state index contributed by atoms with van der Waals surface area (Å²) in [5, 5.41) is 7.01. The summed E-state index contributed by atoms with van der Waals surface area (Å²) in [6, 6.07) is 41.4. The Morgan fingerprint density at radius 2 is 1.32 bits per heavy atom. The van der Waals surface area contributed by atoms with Gasteiger partial charge in [0.25, 0.3) is 0 Å². The van der Waals surface area contributed by atoms with Crippen molar-refractivity contribution in [1.29, 1.82) is 0 Å². The highest BCUT2D eigenvalue weighted by Crippen LogP contribution is 2.55. The molecule has 1 atom stereocenters. The Labute approximate surface area is 235 Å². The predicted octanol–water partition coefficient (Wildman–Crippen LogP) is 7.50. The second-order valence-electron chi connectivity index (χ2n) is 10.5. The number of fused-ring (bicyclic) bond motifs is 10. The van der Waals surface area contributed by atoms with Gasteiger partial charge >= 0.3 is 0 Å². The molecule has 3 aromatic heterocycles. The molecule has 0 fully saturated rings. The SMILES string of the molecule is O=P1(c2ccccc2)c2ccccc2-c2c1ccc1c3ccccc3n(-c3cc4cccnc4c4ncccc34)c21. The van der Waals surface area contributed by atoms with Gasteiger partial charge in [0.2, 0.25) is 0 Å². The highest BCUT2D eigenvalue weighted by atomic mass is 31.2. The van der Waals surface area contributed by atoms with Crippen LogP contribution >= 0.6 is 7.14 Å². The van der Waals surface area contributed by atoms with Crippen molar-refractivity contribution in [2.24, 2.45) is 0 Å². The van der Waals surface area contributed by atoms with E-state index in [2.05, 4.69) is 76.3 Å². The summed E-state index contributed by atoms with van der Waals surface area (Å²) < 4.78 is 17.7. The van der Waals surface area contributed by atoms with Crippen LogP contribution in [0.4, 0.5) is 0 Å². The largest absolute Gasteiger partial charge is 0.309 e. The van der Waals surface area contributed by atoms with Crippen LogP contribution in [0.2, 0.25) is 0 Å². The van der Waals surface area contributed by atoms with Gasteiger partial charge in [0.1, 0.15) is 0 Å². The van der Waals surface area contributed by atoms with Crippen molar-refractivity contribution in [2.45, 2.75) is 0 Å². The lowest BCUT2D eigenvalue weighted by molar-refractivity contribution is 0.593. The molecular formula is C36H22N3OP. The van der Waals surface area contributed by atoms with Crippen LogP contribution < -0.4 is 15.9 Å². The van der Waals surface area contributed by atoms with E-state index in [9.17, 15) is 0 Å². The molecule has 41 heavy (non-hydrogen) atoms. The van der Waals surface area contributed by atoms with Gasteiger partial charge in [-0.15, -0.1) is 0 Å². The summed E-state index contributed by atoms with van der Waals surface area (Å²) in [7, 11) is -3.08. The van der Waals surface area contributed by atoms with Crippen molar-refractivity contribution >= 4 is 66.7 Å². The molecule has 4 heterocycles. The molecule has 8 aromatic rings. The zero-order chi connectivity index (χ0) is 27.1. The van der Waals surface area contributed by atoms with Crippen LogP contribution in [0.25, 0.3) is 60.4 Å². The van der Waals surface area contributed by atoms with E-state index in [1.165, 1.54) is 0 Å². The van der Waals surface area contributed by atoms with Crippen LogP contribution in [-0.2, 0) is 4.57 Å². The highest BCUT2D eigenvalue weighted by Gasteiger charge is 2.41. The normalized spacial score (nSPS) is 16.0. The molecular weight excluding hydrogens is 521 g/mol. The Bertz CT molecular complexity index is 2410. The van der Waals surface area contributed by atoms with Gasteiger partial charge < -0.3 is 9.13 Å². The van der Waals surface area contributed by atoms with E-state index < -0.39 is 7.14 Å². The van der Waals surface area contributed by atoms with Gasteiger partial charge in [-0.25, -0.2) is 0 Å². The molecule has 5 heteroatoms. The van der Waals surface area contributed by atoms with Gasteiger partial charge in [0, 0.05) is 55.4 Å². The summed E-state index contributed by atoms with van der Waals surface area (Å²) in [5.41, 5.74) is 7.04. The van der Waals surface area contributed by atoms with Crippen molar-refractivity contribution in [2.75, 3.05) is 0 Å². The second-order valence-corrected chi connectivity index (χ2v) is 13.2. The number of benzene rings is 5. The molecule has 0 aliphatic carbocycles. The highest BCUT2D eigenvalue weighted by molar-refractivity contribution is 7.86. The minimum Gasteiger partial charge on any atom is -0.309 e. The number of hydrogen-bond donors (Lipinski definition) is 0. The number of pyridine rings is 2. The predicted molar refractivity (Wildman–Crippen MR) is 170 cm³/mol. The van der Waals surface area contributed by atoms with E-state index >= 15 is 4.57 Å². The summed E-state index contributed by atoms with van der Waals surface area (Å²) in [4.78, 5) is 9.48. The molecule has 0 bridgehead atoms. The second kappa shape index (κ2) is 8.23. The first-order chi connectivity index (χ1) is 20.2. The van der Waals surface area contributed by atoms with Crippen molar-refractivity contribution in [3.63, 3.8) is 0 Å². The van der Waals surface area contributed by atoms with Crippen molar-refractivity contribution in [1.82, 2.24) is 14.5 Å². The van der Waals surface area contributed by atoms with Crippen LogP contribution in [0.1, 0.15) is 0 Å². The summed E-state index contributed by atoms with van der Waals surface area (Å²) >= 11 is 0. The number of aromatic nitrogens is 3. The summed E-state index contributed by atoms with van der Waals surface area (Å²) in [5.74, 6) is 0. The number of hydrogen-bond acceptors (Lipinski definition) is 3. The molecule has 1 aliphatic rings. The van der Waals surface area contributed by atoms with Crippen molar-refractivity contribution < 1.29 is 4.57 Å². The maximum absolute atomic E-state index is 15.3. The Morgan fingerprint density at radius 1 is 0.585 bits per heavy atom. The standard InChI is InChI=1S/C36H22N3OP/c40-41(24-11-2-1-3-12-24)31-17-7-5-14-28(31)33-32(41)19-18-26-25-13-4-6-16-29(25)39(36(26)33)30-22-23-10-8-20-37-34(23)35-27(30)15-9-21-38-35/h1-22H. The monoisotopic (exact) mass is 543 g/mol. The molecule has 0 spiro atoms. The van der Waals surface area contributed by atoms with Crippen LogP contribution in [0, 0.1) is 0 Å². The van der Waals surface area contributed by atoms with Crippen LogP contribution in [0.15, 0.2) is 134 Å². The van der Waals surface area contributed by atoms with E-state index in [1.807, 2.05) is 67.0 Å². The third-order valence-electron chi connectivity index (χ3n) is 8.47. The van der Waals surface area contributed by atoms with Gasteiger partial charge in [0.15, 0.2) is 7.14 Å². The third kappa shape index (κ3) is 2.92. The molecule has 0 saturated carbocycles. The molecule has 1 aliphatic heterocycles. The van der Waals surface area contributed by atoms with E-state index in [4.69, 9.17) is 4.98 Å². The zero-order valence-corrected chi connectivity index (χ0v) is 22.8. The van der Waals surface area contributed by atoms with Gasteiger partial charge in [-0.1, -0.05) is 84.9 Å². The Balaban J connectivity index is 1.52. The van der Waals surface area contributed by atoms with E-state index in [0.29, 0.717) is 0 Å². The lowest BCUT2D eigenvalue weighted by atomic mass is 10.0. The maximum Gasteiger partial charge on any atom is 0.172 e. The fourth-order valence-corrected chi connectivity index (χ4v) is 9.83. The molecule has 0 N–H and O–H groups in total. The molecule has 0 amide bonds. The number of para-hydroxylation sites is 1. The average molecular weight is 544 g/mol. The minimum absolute atomic E-state index is 0.861. The van der Waals surface area contributed by atoms with E-state index in [0.717, 1.165) is 76.3 Å². The Hall–Kier alpha value is -5.05. The van der Waals surface area contributed by atoms with Gasteiger partial charge in [-0.2, -0.15) is 0 Å². The maximum atomic E-state index is 15.3. The molecule has 1 unspecified atom stereocenters. The number of rotatable bonds is 2. The Kier molecular flexibility index (Phi) is 4.57. The van der Waals surface area contributed by atoms with Crippen LogP contribution in [-0.4, -0.2) is 14.5 Å². The fourth-order valence-electron chi connectivity index (χ4n) is 6.77. The lowest BCUT2D eigenvalue weighted by Gasteiger charge is -2.17. The van der Waals surface area contributed by atoms with Gasteiger partial charge in [-0.05, 0) is 42.0 Å². The topological polar surface area (TPSA) is 47.8 Å². The first-order valence-corrected chi connectivity index (χ1v) is 15.4. The van der Waals surface area contributed by atoms with Crippen LogP contribution in [0.5, 0.6) is 0 Å². The smallest absolute Gasteiger partial charge is 0.172 e. The number of nitrogens with zero attached hydrogens (tertiary/aromatic N) is 3. The quantitative estimate of drug-likeness (QED) is 0.168. The third-order valence-corrected chi connectivity index (χ3v) is 11.6. The molecule has 192 valence electrons.